The van der Waals surface area contributed by atoms with Gasteiger partial charge in [-0.25, -0.2) is 5.43 Å². The Balaban J connectivity index is 1.52. The summed E-state index contributed by atoms with van der Waals surface area (Å²) in [4.78, 5) is 12.5. The van der Waals surface area contributed by atoms with Crippen LogP contribution in [0.1, 0.15) is 31.9 Å². The second-order valence-corrected chi connectivity index (χ2v) is 11.9. The Morgan fingerprint density at radius 2 is 1.78 bits per heavy atom. The molecule has 4 rings (SSSR count). The van der Waals surface area contributed by atoms with Crippen molar-refractivity contribution in [2.75, 3.05) is 5.75 Å². The highest BCUT2D eigenvalue weighted by molar-refractivity contribution is 9.11. The number of benzene rings is 3. The average molecular weight is 643 g/mol. The van der Waals surface area contributed by atoms with Gasteiger partial charge in [0.05, 0.1) is 16.4 Å². The summed E-state index contributed by atoms with van der Waals surface area (Å²) in [5.74, 6) is 0.505. The number of thioether (sulfide) groups is 1. The molecule has 0 atom stereocenters. The summed E-state index contributed by atoms with van der Waals surface area (Å²) in [6.07, 6.45) is 1.39. The molecule has 7 nitrogen and oxygen atoms in total. The fraction of sp³-hybridized carbons (Fsp3) is 0.185. The molecule has 2 N–H and O–H groups in total. The lowest BCUT2D eigenvalue weighted by Gasteiger charge is -2.19. The summed E-state index contributed by atoms with van der Waals surface area (Å²) in [5, 5.41) is 23.5. The second kappa shape index (κ2) is 11.6. The third-order valence-corrected chi connectivity index (χ3v) is 7.43. The molecule has 1 aromatic heterocycles. The van der Waals surface area contributed by atoms with Crippen LogP contribution in [0.4, 0.5) is 0 Å². The zero-order chi connectivity index (χ0) is 26.6. The van der Waals surface area contributed by atoms with Gasteiger partial charge in [-0.3, -0.25) is 9.36 Å². The second-order valence-electron chi connectivity index (χ2n) is 9.21. The number of hydrogen-bond donors (Lipinski definition) is 2. The Morgan fingerprint density at radius 1 is 1.08 bits per heavy atom. The van der Waals surface area contributed by atoms with E-state index in [4.69, 9.17) is 0 Å². The van der Waals surface area contributed by atoms with Gasteiger partial charge in [0.2, 0.25) is 0 Å². The van der Waals surface area contributed by atoms with Crippen molar-refractivity contribution in [3.8, 4) is 22.8 Å². The molecule has 0 aliphatic rings. The number of aromatic hydroxyl groups is 1. The predicted molar refractivity (Wildman–Crippen MR) is 155 cm³/mol. The van der Waals surface area contributed by atoms with Crippen molar-refractivity contribution in [1.82, 2.24) is 20.2 Å². The molecule has 190 valence electrons. The highest BCUT2D eigenvalue weighted by Crippen LogP contribution is 2.31. The minimum Gasteiger partial charge on any atom is -0.506 e. The van der Waals surface area contributed by atoms with Crippen molar-refractivity contribution in [2.24, 2.45) is 5.10 Å². The van der Waals surface area contributed by atoms with Crippen molar-refractivity contribution in [1.29, 1.82) is 0 Å². The number of hydrazone groups is 1. The van der Waals surface area contributed by atoms with E-state index in [1.165, 1.54) is 23.5 Å². The van der Waals surface area contributed by atoms with E-state index < -0.39 is 0 Å². The first kappa shape index (κ1) is 27.1. The average Bonchev–Trinajstić information content (AvgIpc) is 3.29. The largest absolute Gasteiger partial charge is 0.506 e. The first-order chi connectivity index (χ1) is 17.6. The molecule has 0 saturated carbocycles. The van der Waals surface area contributed by atoms with Crippen molar-refractivity contribution >= 4 is 55.7 Å². The number of carbonyl (C=O) groups is 1. The SMILES string of the molecule is CC(C)(C)c1ccc(-c2nnc(SCC(=O)NN=Cc3cc(Br)cc(Br)c3O)n2-c2ccccc2)cc1. The van der Waals surface area contributed by atoms with Gasteiger partial charge >= 0.3 is 0 Å². The fourth-order valence-corrected chi connectivity index (χ4v) is 5.50. The van der Waals surface area contributed by atoms with E-state index in [1.807, 2.05) is 34.9 Å². The molecule has 0 unspecified atom stereocenters. The third-order valence-electron chi connectivity index (χ3n) is 5.44. The van der Waals surface area contributed by atoms with E-state index in [-0.39, 0.29) is 22.8 Å². The van der Waals surface area contributed by atoms with Gasteiger partial charge in [-0.2, -0.15) is 5.10 Å². The monoisotopic (exact) mass is 641 g/mol. The van der Waals surface area contributed by atoms with E-state index in [1.54, 1.807) is 12.1 Å². The molecule has 0 fully saturated rings. The molecule has 3 aromatic carbocycles. The summed E-state index contributed by atoms with van der Waals surface area (Å²) in [7, 11) is 0. The summed E-state index contributed by atoms with van der Waals surface area (Å²) < 4.78 is 3.24. The summed E-state index contributed by atoms with van der Waals surface area (Å²) >= 11 is 7.91. The van der Waals surface area contributed by atoms with E-state index in [2.05, 4.69) is 97.6 Å². The molecule has 1 amide bonds. The molecule has 37 heavy (non-hydrogen) atoms. The van der Waals surface area contributed by atoms with E-state index in [9.17, 15) is 9.90 Å². The highest BCUT2D eigenvalue weighted by Gasteiger charge is 2.19. The van der Waals surface area contributed by atoms with Gasteiger partial charge in [0.1, 0.15) is 5.75 Å². The van der Waals surface area contributed by atoms with Gasteiger partial charge in [0, 0.05) is 21.3 Å². The van der Waals surface area contributed by atoms with Crippen LogP contribution in [0.25, 0.3) is 17.1 Å². The normalized spacial score (nSPS) is 11.7. The van der Waals surface area contributed by atoms with Crippen LogP contribution in [0.15, 0.2) is 85.9 Å². The van der Waals surface area contributed by atoms with E-state index >= 15 is 0 Å². The van der Waals surface area contributed by atoms with Gasteiger partial charge in [-0.05, 0) is 51.2 Å². The Labute approximate surface area is 236 Å². The fourth-order valence-electron chi connectivity index (χ4n) is 3.50. The minimum absolute atomic E-state index is 0.0367. The van der Waals surface area contributed by atoms with Gasteiger partial charge in [-0.1, -0.05) is 90.9 Å². The van der Waals surface area contributed by atoms with Crippen LogP contribution in [-0.4, -0.2) is 37.7 Å². The Morgan fingerprint density at radius 3 is 2.46 bits per heavy atom. The molecule has 0 bridgehead atoms. The minimum atomic E-state index is -0.312. The predicted octanol–water partition coefficient (Wildman–Crippen LogP) is 6.70. The van der Waals surface area contributed by atoms with Crippen LogP contribution in [-0.2, 0) is 10.2 Å². The van der Waals surface area contributed by atoms with Crippen molar-refractivity contribution in [2.45, 2.75) is 31.3 Å². The maximum Gasteiger partial charge on any atom is 0.250 e. The van der Waals surface area contributed by atoms with Gasteiger partial charge in [0.25, 0.3) is 5.91 Å². The zero-order valence-corrected chi connectivity index (χ0v) is 24.4. The molecule has 1 heterocycles. The van der Waals surface area contributed by atoms with Gasteiger partial charge in [0.15, 0.2) is 11.0 Å². The number of para-hydroxylation sites is 1. The lowest BCUT2D eigenvalue weighted by atomic mass is 9.87. The molecular weight excluding hydrogens is 618 g/mol. The van der Waals surface area contributed by atoms with Crippen molar-refractivity contribution < 1.29 is 9.90 Å². The summed E-state index contributed by atoms with van der Waals surface area (Å²) in [5.41, 5.74) is 6.08. The first-order valence-corrected chi connectivity index (χ1v) is 13.9. The summed E-state index contributed by atoms with van der Waals surface area (Å²) in [6, 6.07) is 21.6. The topological polar surface area (TPSA) is 92.4 Å². The van der Waals surface area contributed by atoms with Crippen LogP contribution in [0.2, 0.25) is 0 Å². The standard InChI is InChI=1S/C27H25Br2N5O2S/c1-27(2,3)19-11-9-17(10-12-19)25-32-33-26(34(25)21-7-5-4-6-8-21)37-16-23(35)31-30-15-18-13-20(28)14-22(29)24(18)36/h4-15,36H,16H2,1-3H3,(H,31,35). The number of amides is 1. The quantitative estimate of drug-likeness (QED) is 0.133. The van der Waals surface area contributed by atoms with Crippen molar-refractivity contribution in [3.63, 3.8) is 0 Å². The van der Waals surface area contributed by atoms with E-state index in [0.717, 1.165) is 15.7 Å². The summed E-state index contributed by atoms with van der Waals surface area (Å²) in [6.45, 7) is 6.54. The molecule has 0 radical (unpaired) electrons. The van der Waals surface area contributed by atoms with Gasteiger partial charge in [-0.15, -0.1) is 10.2 Å². The number of rotatable bonds is 7. The maximum atomic E-state index is 12.5. The Kier molecular flexibility index (Phi) is 8.51. The molecule has 0 aliphatic carbocycles. The highest BCUT2D eigenvalue weighted by atomic mass is 79.9. The number of nitrogens with one attached hydrogen (secondary N) is 1. The van der Waals surface area contributed by atoms with Gasteiger partial charge < -0.3 is 5.11 Å². The number of nitrogens with zero attached hydrogens (tertiary/aromatic N) is 4. The van der Waals surface area contributed by atoms with Crippen molar-refractivity contribution in [3.05, 3.63) is 86.8 Å². The van der Waals surface area contributed by atoms with E-state index in [0.29, 0.717) is 21.0 Å². The Hall–Kier alpha value is -2.95. The lowest BCUT2D eigenvalue weighted by Crippen LogP contribution is -2.20. The third kappa shape index (κ3) is 6.68. The van der Waals surface area contributed by atoms with Crippen LogP contribution in [0.3, 0.4) is 0 Å². The molecule has 4 aromatic rings. The molecule has 0 saturated heterocycles. The van der Waals surface area contributed by atoms with Crippen LogP contribution >= 0.6 is 43.6 Å². The smallest absolute Gasteiger partial charge is 0.250 e. The molecule has 0 spiro atoms. The Bertz CT molecular complexity index is 1430. The van der Waals surface area contributed by atoms with Crippen LogP contribution in [0.5, 0.6) is 5.75 Å². The van der Waals surface area contributed by atoms with Crippen LogP contribution in [0, 0.1) is 0 Å². The molecule has 0 aliphatic heterocycles. The molecule has 10 heteroatoms. The number of aromatic nitrogens is 3. The first-order valence-electron chi connectivity index (χ1n) is 11.4. The maximum absolute atomic E-state index is 12.5. The zero-order valence-electron chi connectivity index (χ0n) is 20.4. The van der Waals surface area contributed by atoms with Crippen LogP contribution < -0.4 is 5.43 Å². The number of halogens is 2. The molecular formula is C27H25Br2N5O2S. The lowest BCUT2D eigenvalue weighted by molar-refractivity contribution is -0.118. The number of phenolic OH excluding ortho intramolecular Hbond substituents is 1. The number of phenols is 1. The number of carbonyl (C=O) groups excluding carboxylic acids is 1. The number of hydrogen-bond acceptors (Lipinski definition) is 6.